The lowest BCUT2D eigenvalue weighted by Crippen LogP contribution is -2.54. The highest BCUT2D eigenvalue weighted by Gasteiger charge is 2.28. The Kier molecular flexibility index (Phi) is 5.21. The number of nitrogens with one attached hydrogen (secondary N) is 1. The van der Waals surface area contributed by atoms with Crippen molar-refractivity contribution >= 4 is 17.7 Å². The number of likely N-dealkylation sites (N-methyl/N-ethyl adjacent to an activating group) is 1. The van der Waals surface area contributed by atoms with Crippen LogP contribution in [0.1, 0.15) is 5.56 Å². The predicted octanol–water partition coefficient (Wildman–Crippen LogP) is 0.222. The maximum absolute atomic E-state index is 12.6. The van der Waals surface area contributed by atoms with Crippen molar-refractivity contribution in [2.45, 2.75) is 12.5 Å². The molecule has 0 spiro atoms. The molecule has 7 heteroatoms. The molecule has 1 heterocycles. The van der Waals surface area contributed by atoms with Crippen LogP contribution in [0.5, 0.6) is 0 Å². The van der Waals surface area contributed by atoms with Crippen LogP contribution in [-0.2, 0) is 11.2 Å². The molecule has 1 aliphatic heterocycles. The normalized spacial score (nSPS) is 17.0. The summed E-state index contributed by atoms with van der Waals surface area (Å²) >= 11 is 0. The van der Waals surface area contributed by atoms with E-state index in [2.05, 4.69) is 10.2 Å². The Bertz CT molecular complexity index is 524. The molecule has 0 unspecified atom stereocenters. The lowest BCUT2D eigenvalue weighted by molar-refractivity contribution is -0.134. The van der Waals surface area contributed by atoms with Crippen molar-refractivity contribution in [1.29, 1.82) is 0 Å². The second-order valence-electron chi connectivity index (χ2n) is 5.58. The van der Waals surface area contributed by atoms with E-state index >= 15 is 0 Å². The number of carboxylic acid groups (broad SMARTS) is 1. The summed E-state index contributed by atoms with van der Waals surface area (Å²) in [5.74, 6) is -0.174. The number of nitrogens with zero attached hydrogens (tertiary/aromatic N) is 2. The number of nitrogens with two attached hydrogens (primary N) is 1. The first-order valence-electron chi connectivity index (χ1n) is 7.27. The number of hydrogen-bond donors (Lipinski definition) is 3. The van der Waals surface area contributed by atoms with Gasteiger partial charge in [0.25, 0.3) is 0 Å². The summed E-state index contributed by atoms with van der Waals surface area (Å²) in [4.78, 5) is 27.4. The van der Waals surface area contributed by atoms with Gasteiger partial charge in [0, 0.05) is 38.3 Å². The molecule has 22 heavy (non-hydrogen) atoms. The fourth-order valence-corrected chi connectivity index (χ4v) is 2.49. The van der Waals surface area contributed by atoms with E-state index in [1.165, 1.54) is 0 Å². The van der Waals surface area contributed by atoms with Crippen LogP contribution in [0.4, 0.5) is 10.5 Å². The van der Waals surface area contributed by atoms with E-state index < -0.39 is 12.1 Å². The molecule has 120 valence electrons. The van der Waals surface area contributed by atoms with Gasteiger partial charge in [-0.1, -0.05) is 12.1 Å². The molecule has 0 aromatic heterocycles. The minimum Gasteiger partial charge on any atom is -0.465 e. The third-order valence-corrected chi connectivity index (χ3v) is 3.83. The molecule has 0 aliphatic carbocycles. The summed E-state index contributed by atoms with van der Waals surface area (Å²) < 4.78 is 0. The highest BCUT2D eigenvalue weighted by molar-refractivity contribution is 5.85. The van der Waals surface area contributed by atoms with Gasteiger partial charge in [-0.15, -0.1) is 0 Å². The van der Waals surface area contributed by atoms with Crippen LogP contribution in [0.2, 0.25) is 0 Å². The van der Waals surface area contributed by atoms with Crippen LogP contribution >= 0.6 is 0 Å². The molecule has 1 saturated heterocycles. The number of amides is 2. The molecule has 0 bridgehead atoms. The topological polar surface area (TPSA) is 98.9 Å². The average Bonchev–Trinajstić information content (AvgIpc) is 2.48. The van der Waals surface area contributed by atoms with Crippen molar-refractivity contribution in [1.82, 2.24) is 15.1 Å². The minimum absolute atomic E-state index is 0.174. The first kappa shape index (κ1) is 16.1. The van der Waals surface area contributed by atoms with Gasteiger partial charge in [0.2, 0.25) is 5.91 Å². The van der Waals surface area contributed by atoms with E-state index in [4.69, 9.17) is 10.8 Å². The van der Waals surface area contributed by atoms with Gasteiger partial charge in [-0.2, -0.15) is 0 Å². The number of piperazine rings is 1. The Morgan fingerprint density at radius 2 is 1.82 bits per heavy atom. The third-order valence-electron chi connectivity index (χ3n) is 3.83. The number of carbonyl (C=O) groups is 2. The van der Waals surface area contributed by atoms with Crippen LogP contribution in [-0.4, -0.2) is 66.2 Å². The molecule has 2 rings (SSSR count). The fourth-order valence-electron chi connectivity index (χ4n) is 2.49. The van der Waals surface area contributed by atoms with Gasteiger partial charge in [-0.3, -0.25) is 4.79 Å². The Morgan fingerprint density at radius 1 is 1.23 bits per heavy atom. The minimum atomic E-state index is -1.19. The smallest absolute Gasteiger partial charge is 0.405 e. The predicted molar refractivity (Wildman–Crippen MR) is 83.6 cm³/mol. The Morgan fingerprint density at radius 3 is 2.36 bits per heavy atom. The molecular weight excluding hydrogens is 284 g/mol. The number of hydrogen-bond acceptors (Lipinski definition) is 4. The number of benzene rings is 1. The summed E-state index contributed by atoms with van der Waals surface area (Å²) in [6, 6.07) is 6.33. The Hall–Kier alpha value is -2.28. The van der Waals surface area contributed by atoms with Gasteiger partial charge in [0.1, 0.15) is 6.04 Å². The number of anilines is 1. The largest absolute Gasteiger partial charge is 0.465 e. The molecule has 0 radical (unpaired) electrons. The van der Waals surface area contributed by atoms with Crippen LogP contribution in [0.25, 0.3) is 0 Å². The highest BCUT2D eigenvalue weighted by atomic mass is 16.4. The monoisotopic (exact) mass is 306 g/mol. The fraction of sp³-hybridized carbons (Fsp3) is 0.467. The molecule has 0 saturated carbocycles. The zero-order valence-corrected chi connectivity index (χ0v) is 12.7. The van der Waals surface area contributed by atoms with Crippen LogP contribution in [0, 0.1) is 0 Å². The van der Waals surface area contributed by atoms with E-state index in [0.717, 1.165) is 18.7 Å². The summed E-state index contributed by atoms with van der Waals surface area (Å²) in [5.41, 5.74) is 7.15. The highest BCUT2D eigenvalue weighted by Crippen LogP contribution is 2.11. The molecule has 1 aromatic carbocycles. The number of nitrogen functional groups attached to an aromatic ring is 1. The van der Waals surface area contributed by atoms with E-state index in [9.17, 15) is 9.59 Å². The maximum atomic E-state index is 12.6. The van der Waals surface area contributed by atoms with Crippen LogP contribution in [0.3, 0.4) is 0 Å². The summed E-state index contributed by atoms with van der Waals surface area (Å²) in [6.07, 6.45) is -0.875. The van der Waals surface area contributed by atoms with Gasteiger partial charge in [0.15, 0.2) is 0 Å². The number of rotatable bonds is 4. The Labute approximate surface area is 129 Å². The molecule has 1 aromatic rings. The zero-order valence-electron chi connectivity index (χ0n) is 12.7. The number of carbonyl (C=O) groups excluding carboxylic acids is 1. The molecule has 1 atom stereocenters. The summed E-state index contributed by atoms with van der Waals surface area (Å²) in [7, 11) is 2.00. The van der Waals surface area contributed by atoms with Crippen molar-refractivity contribution in [2.24, 2.45) is 0 Å². The van der Waals surface area contributed by atoms with Gasteiger partial charge in [0.05, 0.1) is 0 Å². The van der Waals surface area contributed by atoms with Crippen molar-refractivity contribution in [3.63, 3.8) is 0 Å². The van der Waals surface area contributed by atoms with Crippen molar-refractivity contribution in [3.05, 3.63) is 29.8 Å². The van der Waals surface area contributed by atoms with Gasteiger partial charge in [-0.05, 0) is 24.7 Å². The average molecular weight is 306 g/mol. The maximum Gasteiger partial charge on any atom is 0.405 e. The summed E-state index contributed by atoms with van der Waals surface area (Å²) in [5, 5.41) is 11.3. The van der Waals surface area contributed by atoms with E-state index in [1.54, 1.807) is 17.0 Å². The lowest BCUT2D eigenvalue weighted by Gasteiger charge is -2.34. The lowest BCUT2D eigenvalue weighted by atomic mass is 10.0. The molecule has 4 N–H and O–H groups in total. The quantitative estimate of drug-likeness (QED) is 0.691. The van der Waals surface area contributed by atoms with Gasteiger partial charge >= 0.3 is 6.09 Å². The Balaban J connectivity index is 2.06. The molecule has 7 nitrogen and oxygen atoms in total. The first-order chi connectivity index (χ1) is 10.5. The second-order valence-corrected chi connectivity index (χ2v) is 5.58. The van der Waals surface area contributed by atoms with Crippen molar-refractivity contribution in [3.8, 4) is 0 Å². The van der Waals surface area contributed by atoms with Crippen molar-refractivity contribution in [2.75, 3.05) is 39.0 Å². The van der Waals surface area contributed by atoms with E-state index in [1.807, 2.05) is 19.2 Å². The van der Waals surface area contributed by atoms with Crippen LogP contribution in [0.15, 0.2) is 24.3 Å². The third kappa shape index (κ3) is 4.36. The van der Waals surface area contributed by atoms with E-state index in [0.29, 0.717) is 25.2 Å². The van der Waals surface area contributed by atoms with Gasteiger partial charge < -0.3 is 26.0 Å². The van der Waals surface area contributed by atoms with Crippen LogP contribution < -0.4 is 11.1 Å². The van der Waals surface area contributed by atoms with E-state index in [-0.39, 0.29) is 5.91 Å². The summed E-state index contributed by atoms with van der Waals surface area (Å²) in [6.45, 7) is 2.84. The van der Waals surface area contributed by atoms with Crippen molar-refractivity contribution < 1.29 is 14.7 Å². The standard InChI is InChI=1S/C15H22N4O3/c1-18-6-8-19(9-7-18)14(20)13(17-15(21)22)10-11-2-4-12(16)5-3-11/h2-5,13,17H,6-10,16H2,1H3,(H,21,22)/t13-/m1/s1. The SMILES string of the molecule is CN1CCN(C(=O)[C@@H](Cc2ccc(N)cc2)NC(=O)O)CC1. The zero-order chi connectivity index (χ0) is 16.1. The second kappa shape index (κ2) is 7.13. The molecule has 2 amide bonds. The molecule has 1 aliphatic rings. The molecule has 1 fully saturated rings. The molecular formula is C15H22N4O3. The van der Waals surface area contributed by atoms with Gasteiger partial charge in [-0.25, -0.2) is 4.79 Å². The first-order valence-corrected chi connectivity index (χ1v) is 7.27.